The highest BCUT2D eigenvalue weighted by Crippen LogP contribution is 2.35. The van der Waals surface area contributed by atoms with E-state index in [0.29, 0.717) is 18.4 Å². The maximum absolute atomic E-state index is 11.1. The van der Waals surface area contributed by atoms with Crippen LogP contribution in [0.3, 0.4) is 0 Å². The Morgan fingerprint density at radius 1 is 1.25 bits per heavy atom. The van der Waals surface area contributed by atoms with Crippen LogP contribution in [0.25, 0.3) is 0 Å². The molecule has 0 spiro atoms. The van der Waals surface area contributed by atoms with Crippen LogP contribution in [0.4, 0.5) is 0 Å². The number of carbonyl (C=O) groups excluding carboxylic acids is 1. The van der Waals surface area contributed by atoms with Crippen molar-refractivity contribution < 1.29 is 24.9 Å². The number of phenols is 3. The van der Waals surface area contributed by atoms with Crippen LogP contribution in [0.15, 0.2) is 12.1 Å². The zero-order chi connectivity index (χ0) is 12.1. The Morgan fingerprint density at radius 3 is 2.31 bits per heavy atom. The van der Waals surface area contributed by atoms with Gasteiger partial charge in [-0.3, -0.25) is 4.79 Å². The van der Waals surface area contributed by atoms with Crippen molar-refractivity contribution >= 4 is 5.97 Å². The summed E-state index contributed by atoms with van der Waals surface area (Å²) in [6, 6.07) is 2.46. The number of esters is 1. The fourth-order valence-electron chi connectivity index (χ4n) is 1.18. The van der Waals surface area contributed by atoms with E-state index in [9.17, 15) is 15.0 Å². The number of rotatable bonds is 4. The SMILES string of the molecule is CCCC(=O)OCc1cc(O)c(O)c(O)c1. The Balaban J connectivity index is 2.65. The summed E-state index contributed by atoms with van der Waals surface area (Å²) in [5.74, 6) is -1.80. The Hall–Kier alpha value is -1.91. The van der Waals surface area contributed by atoms with Gasteiger partial charge in [0.15, 0.2) is 17.2 Å². The Kier molecular flexibility index (Phi) is 3.99. The lowest BCUT2D eigenvalue weighted by Gasteiger charge is -2.06. The van der Waals surface area contributed by atoms with E-state index in [1.54, 1.807) is 0 Å². The number of aromatic hydroxyl groups is 3. The molecule has 0 saturated heterocycles. The summed E-state index contributed by atoms with van der Waals surface area (Å²) in [5, 5.41) is 27.5. The maximum Gasteiger partial charge on any atom is 0.306 e. The standard InChI is InChI=1S/C11H14O5/c1-2-3-10(14)16-6-7-4-8(12)11(15)9(13)5-7/h4-5,12-13,15H,2-3,6H2,1H3. The molecule has 0 heterocycles. The zero-order valence-electron chi connectivity index (χ0n) is 8.93. The second kappa shape index (κ2) is 5.25. The molecule has 16 heavy (non-hydrogen) atoms. The fourth-order valence-corrected chi connectivity index (χ4v) is 1.18. The summed E-state index contributed by atoms with van der Waals surface area (Å²) in [5.41, 5.74) is 0.414. The summed E-state index contributed by atoms with van der Waals surface area (Å²) in [6.45, 7) is 1.82. The molecule has 0 aliphatic heterocycles. The Bertz CT molecular complexity index is 363. The van der Waals surface area contributed by atoms with Gasteiger partial charge in [0.1, 0.15) is 6.61 Å². The first-order valence-corrected chi connectivity index (χ1v) is 4.94. The minimum atomic E-state index is -0.580. The van der Waals surface area contributed by atoms with E-state index in [1.165, 1.54) is 12.1 Å². The molecule has 0 bridgehead atoms. The number of hydrogen-bond acceptors (Lipinski definition) is 5. The summed E-state index contributed by atoms with van der Waals surface area (Å²) >= 11 is 0. The summed E-state index contributed by atoms with van der Waals surface area (Å²) in [7, 11) is 0. The van der Waals surface area contributed by atoms with Crippen molar-refractivity contribution in [1.29, 1.82) is 0 Å². The van der Waals surface area contributed by atoms with Gasteiger partial charge in [-0.05, 0) is 24.1 Å². The van der Waals surface area contributed by atoms with Gasteiger partial charge in [0.2, 0.25) is 0 Å². The average Bonchev–Trinajstić information content (AvgIpc) is 2.23. The number of carbonyl (C=O) groups is 1. The van der Waals surface area contributed by atoms with E-state index >= 15 is 0 Å². The van der Waals surface area contributed by atoms with Crippen molar-refractivity contribution in [2.24, 2.45) is 0 Å². The van der Waals surface area contributed by atoms with Gasteiger partial charge in [0, 0.05) is 6.42 Å². The first kappa shape index (κ1) is 12.2. The molecule has 0 radical (unpaired) electrons. The van der Waals surface area contributed by atoms with Gasteiger partial charge in [-0.2, -0.15) is 0 Å². The first-order chi connectivity index (χ1) is 7.54. The van der Waals surface area contributed by atoms with Crippen LogP contribution in [0.2, 0.25) is 0 Å². The molecule has 0 saturated carbocycles. The average molecular weight is 226 g/mol. The second-order valence-electron chi connectivity index (χ2n) is 3.39. The third kappa shape index (κ3) is 3.05. The smallest absolute Gasteiger partial charge is 0.306 e. The van der Waals surface area contributed by atoms with Crippen LogP contribution in [-0.2, 0) is 16.1 Å². The van der Waals surface area contributed by atoms with Crippen LogP contribution < -0.4 is 0 Å². The van der Waals surface area contributed by atoms with Gasteiger partial charge in [0.25, 0.3) is 0 Å². The van der Waals surface area contributed by atoms with E-state index < -0.39 is 17.2 Å². The van der Waals surface area contributed by atoms with Gasteiger partial charge < -0.3 is 20.1 Å². The van der Waals surface area contributed by atoms with Crippen molar-refractivity contribution in [2.75, 3.05) is 0 Å². The van der Waals surface area contributed by atoms with E-state index in [0.717, 1.165) is 0 Å². The molecule has 0 unspecified atom stereocenters. The van der Waals surface area contributed by atoms with Crippen LogP contribution in [-0.4, -0.2) is 21.3 Å². The lowest BCUT2D eigenvalue weighted by Crippen LogP contribution is -2.03. The van der Waals surface area contributed by atoms with Crippen LogP contribution in [0.5, 0.6) is 17.2 Å². The Morgan fingerprint density at radius 2 is 1.81 bits per heavy atom. The first-order valence-electron chi connectivity index (χ1n) is 4.94. The van der Waals surface area contributed by atoms with Gasteiger partial charge in [-0.25, -0.2) is 0 Å². The summed E-state index contributed by atoms with van der Waals surface area (Å²) in [6.07, 6.45) is 1.03. The number of hydrogen-bond donors (Lipinski definition) is 3. The molecule has 5 nitrogen and oxygen atoms in total. The third-order valence-electron chi connectivity index (χ3n) is 1.98. The lowest BCUT2D eigenvalue weighted by atomic mass is 10.2. The predicted molar refractivity (Wildman–Crippen MR) is 56.1 cm³/mol. The van der Waals surface area contributed by atoms with Crippen molar-refractivity contribution in [3.63, 3.8) is 0 Å². The van der Waals surface area contributed by atoms with Crippen molar-refractivity contribution in [3.8, 4) is 17.2 Å². The molecular formula is C11H14O5. The number of phenolic OH excluding ortho intramolecular Hbond substituents is 3. The van der Waals surface area contributed by atoms with Gasteiger partial charge in [-0.15, -0.1) is 0 Å². The largest absolute Gasteiger partial charge is 0.504 e. The fraction of sp³-hybridized carbons (Fsp3) is 0.364. The van der Waals surface area contributed by atoms with Crippen molar-refractivity contribution in [1.82, 2.24) is 0 Å². The molecule has 1 rings (SSSR count). The molecule has 0 amide bonds. The topological polar surface area (TPSA) is 87.0 Å². The van der Waals surface area contributed by atoms with E-state index in [2.05, 4.69) is 0 Å². The minimum absolute atomic E-state index is 0.0414. The normalized spacial score (nSPS) is 10.1. The molecule has 1 aromatic rings. The molecule has 0 atom stereocenters. The van der Waals surface area contributed by atoms with Crippen molar-refractivity contribution in [3.05, 3.63) is 17.7 Å². The number of ether oxygens (including phenoxy) is 1. The van der Waals surface area contributed by atoms with Crippen molar-refractivity contribution in [2.45, 2.75) is 26.4 Å². The highest BCUT2D eigenvalue weighted by atomic mass is 16.5. The molecule has 0 aromatic heterocycles. The third-order valence-corrected chi connectivity index (χ3v) is 1.98. The molecule has 0 fully saturated rings. The van der Waals surface area contributed by atoms with Crippen LogP contribution in [0.1, 0.15) is 25.3 Å². The summed E-state index contributed by atoms with van der Waals surface area (Å²) in [4.78, 5) is 11.1. The van der Waals surface area contributed by atoms with Gasteiger partial charge in [0.05, 0.1) is 0 Å². The second-order valence-corrected chi connectivity index (χ2v) is 3.39. The maximum atomic E-state index is 11.1. The molecular weight excluding hydrogens is 212 g/mol. The number of benzene rings is 1. The Labute approximate surface area is 92.9 Å². The van der Waals surface area contributed by atoms with Gasteiger partial charge >= 0.3 is 5.97 Å². The minimum Gasteiger partial charge on any atom is -0.504 e. The monoisotopic (exact) mass is 226 g/mol. The quantitative estimate of drug-likeness (QED) is 0.536. The molecule has 0 aliphatic carbocycles. The van der Waals surface area contributed by atoms with Crippen LogP contribution >= 0.6 is 0 Å². The van der Waals surface area contributed by atoms with E-state index in [4.69, 9.17) is 9.84 Å². The van der Waals surface area contributed by atoms with Crippen LogP contribution in [0, 0.1) is 0 Å². The summed E-state index contributed by atoms with van der Waals surface area (Å²) < 4.78 is 4.88. The predicted octanol–water partition coefficient (Wildman–Crippen LogP) is 1.65. The molecule has 3 N–H and O–H groups in total. The molecule has 5 heteroatoms. The molecule has 0 aliphatic rings. The zero-order valence-corrected chi connectivity index (χ0v) is 8.93. The molecule has 88 valence electrons. The van der Waals surface area contributed by atoms with E-state index in [1.807, 2.05) is 6.92 Å². The highest BCUT2D eigenvalue weighted by Gasteiger charge is 2.09. The lowest BCUT2D eigenvalue weighted by molar-refractivity contribution is -0.145. The highest BCUT2D eigenvalue weighted by molar-refractivity contribution is 5.69. The van der Waals surface area contributed by atoms with Gasteiger partial charge in [-0.1, -0.05) is 6.92 Å². The van der Waals surface area contributed by atoms with E-state index in [-0.39, 0.29) is 12.6 Å². The molecule has 1 aromatic carbocycles.